The standard InChI is InChI=1S/C65H58N4S2/c1-35-27-38(4)58(39(5)28-35)62-52-19-17-50(66-52)61(46-15-10-13-44-33-45-14-11-16-47(49(45)34-48(44)46)65-70-25-12-26-71-65)51-18-20-53(67-51)63(59-40(6)29-36(2)30-41(59)7)55-22-24-57(69-55)64(56-23-21-54(62)68-56)60-42(8)31-37(3)32-43(60)9/h10-11,13-24,27-34,65-67H,12,25-26H2,1-9H3. The number of nitrogens with one attached hydrogen (secondary N) is 2. The summed E-state index contributed by atoms with van der Waals surface area (Å²) in [4.78, 5) is 19.6. The minimum Gasteiger partial charge on any atom is -0.354 e. The first-order valence-electron chi connectivity index (χ1n) is 25.0. The molecular weight excluding hydrogens is 901 g/mol. The molecule has 0 spiro atoms. The van der Waals surface area contributed by atoms with Gasteiger partial charge in [-0.3, -0.25) is 0 Å². The molecule has 3 aliphatic heterocycles. The summed E-state index contributed by atoms with van der Waals surface area (Å²) in [6.07, 6.45) is 10.1. The summed E-state index contributed by atoms with van der Waals surface area (Å²) in [5.41, 5.74) is 29.3. The molecule has 1 fully saturated rings. The average Bonchev–Trinajstić information content (AvgIpc) is 4.19. The molecule has 6 aromatic carbocycles. The third kappa shape index (κ3) is 7.87. The molecule has 8 bridgehead atoms. The molecule has 4 nitrogen and oxygen atoms in total. The van der Waals surface area contributed by atoms with Crippen molar-refractivity contribution in [2.45, 2.75) is 73.3 Å². The summed E-state index contributed by atoms with van der Waals surface area (Å²) in [5.74, 6) is 2.40. The van der Waals surface area contributed by atoms with E-state index >= 15 is 0 Å². The minimum atomic E-state index is 0.420. The highest BCUT2D eigenvalue weighted by Crippen LogP contribution is 2.48. The molecule has 12 rings (SSSR count). The van der Waals surface area contributed by atoms with Crippen LogP contribution in [-0.2, 0) is 0 Å². The van der Waals surface area contributed by atoms with E-state index in [1.54, 1.807) is 0 Å². The third-order valence-electron chi connectivity index (χ3n) is 14.8. The maximum Gasteiger partial charge on any atom is 0.0757 e. The van der Waals surface area contributed by atoms with Crippen LogP contribution in [0.15, 0.2) is 109 Å². The van der Waals surface area contributed by atoms with E-state index in [4.69, 9.17) is 9.97 Å². The van der Waals surface area contributed by atoms with Crippen molar-refractivity contribution in [2.75, 3.05) is 11.5 Å². The number of aryl methyl sites for hydroxylation is 9. The Hall–Kier alpha value is -6.86. The van der Waals surface area contributed by atoms with Crippen LogP contribution < -0.4 is 0 Å². The number of nitrogens with zero attached hydrogens (tertiary/aromatic N) is 2. The summed E-state index contributed by atoms with van der Waals surface area (Å²) in [6, 6.07) is 41.5. The highest BCUT2D eigenvalue weighted by Gasteiger charge is 2.25. The normalized spacial score (nSPS) is 13.8. The number of aromatic amines is 2. The molecule has 2 N–H and O–H groups in total. The topological polar surface area (TPSA) is 57.4 Å². The number of aromatic nitrogens is 4. The van der Waals surface area contributed by atoms with Crippen molar-refractivity contribution in [1.82, 2.24) is 19.9 Å². The molecule has 3 aliphatic rings. The molecule has 9 aromatic rings. The summed E-state index contributed by atoms with van der Waals surface area (Å²) < 4.78 is 0.420. The van der Waals surface area contributed by atoms with E-state index < -0.39 is 0 Å². The molecule has 1 saturated heterocycles. The van der Waals surface area contributed by atoms with Crippen LogP contribution in [0.3, 0.4) is 0 Å². The zero-order valence-electron chi connectivity index (χ0n) is 42.1. The van der Waals surface area contributed by atoms with Crippen molar-refractivity contribution in [3.8, 4) is 44.5 Å². The number of hydrogen-bond donors (Lipinski definition) is 2. The Labute approximate surface area is 425 Å². The number of fused-ring (bicyclic) bond motifs is 10. The molecule has 71 heavy (non-hydrogen) atoms. The molecule has 6 heteroatoms. The second-order valence-corrected chi connectivity index (χ2v) is 22.9. The van der Waals surface area contributed by atoms with Crippen molar-refractivity contribution < 1.29 is 0 Å². The van der Waals surface area contributed by atoms with E-state index in [0.29, 0.717) is 4.58 Å². The molecule has 3 aromatic heterocycles. The highest BCUT2D eigenvalue weighted by molar-refractivity contribution is 8.16. The number of benzene rings is 6. The lowest BCUT2D eigenvalue weighted by Gasteiger charge is -2.23. The van der Waals surface area contributed by atoms with Gasteiger partial charge in [0.1, 0.15) is 0 Å². The molecule has 0 radical (unpaired) electrons. The fourth-order valence-electron chi connectivity index (χ4n) is 12.2. The van der Waals surface area contributed by atoms with Gasteiger partial charge in [-0.2, -0.15) is 0 Å². The first-order chi connectivity index (χ1) is 34.4. The molecule has 6 heterocycles. The second kappa shape index (κ2) is 17.8. The van der Waals surface area contributed by atoms with E-state index in [-0.39, 0.29) is 0 Å². The lowest BCUT2D eigenvalue weighted by molar-refractivity contribution is 1.10. The summed E-state index contributed by atoms with van der Waals surface area (Å²) in [5, 5.41) is 5.07. The van der Waals surface area contributed by atoms with Crippen molar-refractivity contribution in [1.29, 1.82) is 0 Å². The summed E-state index contributed by atoms with van der Waals surface area (Å²) >= 11 is 4.17. The Bertz CT molecular complexity index is 3740. The van der Waals surface area contributed by atoms with Crippen LogP contribution in [0.1, 0.15) is 89.4 Å². The molecule has 350 valence electrons. The fraction of sp³-hybridized carbons (Fsp3) is 0.200. The zero-order valence-corrected chi connectivity index (χ0v) is 43.7. The van der Waals surface area contributed by atoms with Crippen molar-refractivity contribution in [2.24, 2.45) is 0 Å². The Balaban J connectivity index is 1.26. The molecular formula is C65H58N4S2. The SMILES string of the molecule is Cc1cc(C)c(-c2c3nc(c(-c4c(C)cc(C)cc4C)c4ccc([nH]4)c(-c4cccc5cc6cccc(C7SCCCS7)c6cc45)c4ccc([nH]4)c(-c4c(C)cc(C)cc4C)c4nc2C=C4)C=C3)c(C)c1. The van der Waals surface area contributed by atoms with Gasteiger partial charge in [0, 0.05) is 44.3 Å². The van der Waals surface area contributed by atoms with Gasteiger partial charge >= 0.3 is 0 Å². The Morgan fingerprint density at radius 1 is 0.394 bits per heavy atom. The Morgan fingerprint density at radius 2 is 0.789 bits per heavy atom. The maximum absolute atomic E-state index is 5.69. The number of thioether (sulfide) groups is 2. The van der Waals surface area contributed by atoms with Gasteiger partial charge in [-0.15, -0.1) is 23.5 Å². The van der Waals surface area contributed by atoms with E-state index in [1.165, 1.54) is 117 Å². The van der Waals surface area contributed by atoms with Gasteiger partial charge in [-0.1, -0.05) is 89.5 Å². The largest absolute Gasteiger partial charge is 0.354 e. The summed E-state index contributed by atoms with van der Waals surface area (Å²) in [7, 11) is 0. The lowest BCUT2D eigenvalue weighted by atomic mass is 9.92. The van der Waals surface area contributed by atoms with E-state index in [2.05, 4.69) is 229 Å². The third-order valence-corrected chi connectivity index (χ3v) is 17.8. The monoisotopic (exact) mass is 958 g/mol. The average molecular weight is 959 g/mol. The van der Waals surface area contributed by atoms with E-state index in [1.807, 2.05) is 0 Å². The van der Waals surface area contributed by atoms with Gasteiger partial charge in [0.25, 0.3) is 0 Å². The van der Waals surface area contributed by atoms with Gasteiger partial charge in [-0.05, 0) is 224 Å². The van der Waals surface area contributed by atoms with Gasteiger partial charge in [0.2, 0.25) is 0 Å². The van der Waals surface area contributed by atoms with Crippen LogP contribution in [0.4, 0.5) is 0 Å². The quantitative estimate of drug-likeness (QED) is 0.169. The van der Waals surface area contributed by atoms with Crippen molar-refractivity contribution >= 4 is 91.4 Å². The molecule has 0 saturated carbocycles. The van der Waals surface area contributed by atoms with Crippen molar-refractivity contribution in [3.63, 3.8) is 0 Å². The van der Waals surface area contributed by atoms with E-state index in [9.17, 15) is 0 Å². The smallest absolute Gasteiger partial charge is 0.0757 e. The van der Waals surface area contributed by atoms with Gasteiger partial charge < -0.3 is 9.97 Å². The minimum absolute atomic E-state index is 0.420. The van der Waals surface area contributed by atoms with Crippen molar-refractivity contribution in [3.05, 3.63) is 188 Å². The van der Waals surface area contributed by atoms with Crippen LogP contribution in [0.5, 0.6) is 0 Å². The first-order valence-corrected chi connectivity index (χ1v) is 27.1. The first kappa shape index (κ1) is 45.3. The Kier molecular flexibility index (Phi) is 11.3. The van der Waals surface area contributed by atoms with E-state index in [0.717, 1.165) is 67.1 Å². The molecule has 0 amide bonds. The number of hydrogen-bond acceptors (Lipinski definition) is 4. The van der Waals surface area contributed by atoms with Gasteiger partial charge in [0.15, 0.2) is 0 Å². The lowest BCUT2D eigenvalue weighted by Crippen LogP contribution is -2.00. The van der Waals surface area contributed by atoms with Crippen LogP contribution in [0.25, 0.3) is 112 Å². The van der Waals surface area contributed by atoms with Crippen LogP contribution in [0, 0.1) is 62.3 Å². The van der Waals surface area contributed by atoms with Crippen LogP contribution >= 0.6 is 23.5 Å². The van der Waals surface area contributed by atoms with Crippen LogP contribution in [-0.4, -0.2) is 31.4 Å². The highest BCUT2D eigenvalue weighted by atomic mass is 32.2. The Morgan fingerprint density at radius 3 is 1.25 bits per heavy atom. The predicted molar refractivity (Wildman–Crippen MR) is 311 cm³/mol. The molecule has 0 atom stereocenters. The number of H-pyrrole nitrogens is 2. The summed E-state index contributed by atoms with van der Waals surface area (Å²) in [6.45, 7) is 20.0. The van der Waals surface area contributed by atoms with Crippen LogP contribution in [0.2, 0.25) is 0 Å². The maximum atomic E-state index is 5.69. The molecule has 0 aliphatic carbocycles. The molecule has 0 unspecified atom stereocenters. The zero-order chi connectivity index (χ0) is 48.8. The fourth-order valence-corrected chi connectivity index (χ4v) is 15.1. The number of rotatable bonds is 5. The van der Waals surface area contributed by atoms with Gasteiger partial charge in [-0.25, -0.2) is 9.97 Å². The van der Waals surface area contributed by atoms with Gasteiger partial charge in [0.05, 0.1) is 27.4 Å². The second-order valence-electron chi connectivity index (χ2n) is 20.2. The predicted octanol–water partition coefficient (Wildman–Crippen LogP) is 18.3.